The first-order valence-corrected chi connectivity index (χ1v) is 8.31. The van der Waals surface area contributed by atoms with Gasteiger partial charge in [0.15, 0.2) is 18.0 Å². The lowest BCUT2D eigenvalue weighted by atomic mass is 9.98. The predicted molar refractivity (Wildman–Crippen MR) is 88.3 cm³/mol. The quantitative estimate of drug-likeness (QED) is 0.634. The maximum absolute atomic E-state index is 12.0. The summed E-state index contributed by atoms with van der Waals surface area (Å²) in [6, 6.07) is 0. The molecule has 0 radical (unpaired) electrons. The molecule has 5 nitrogen and oxygen atoms in total. The van der Waals surface area contributed by atoms with E-state index in [0.29, 0.717) is 18.8 Å². The predicted octanol–water partition coefficient (Wildman–Crippen LogP) is 2.14. The second-order valence-corrected chi connectivity index (χ2v) is 6.36. The molecular weight excluding hydrogens is 308 g/mol. The molecule has 0 aromatic rings. The standard InChI is InChI=1S/C19H24O5/c1-4-5-6-7-10-15-17(23-16(20)13-14(2)3)18(21)19(24-15)11-8-9-12-22-19/h10,14,17-18,21H,8-9,11-13H2,1-3H3/b15-10-/t17-,18-,19+/m1/s1. The largest absolute Gasteiger partial charge is 0.459 e. The molecular formula is C19H24O5. The Hall–Kier alpha value is -1.95. The number of rotatable bonds is 3. The molecule has 2 rings (SSSR count). The van der Waals surface area contributed by atoms with Crippen molar-refractivity contribution in [3.8, 4) is 23.7 Å². The van der Waals surface area contributed by atoms with Crippen LogP contribution in [0.1, 0.15) is 46.5 Å². The Bertz CT molecular complexity index is 605. The van der Waals surface area contributed by atoms with Gasteiger partial charge in [-0.2, -0.15) is 0 Å². The average Bonchev–Trinajstić information content (AvgIpc) is 2.77. The highest BCUT2D eigenvalue weighted by atomic mass is 16.7. The number of carbonyl (C=O) groups excluding carboxylic acids is 1. The summed E-state index contributed by atoms with van der Waals surface area (Å²) in [5.41, 5.74) is 0. The maximum atomic E-state index is 12.0. The van der Waals surface area contributed by atoms with E-state index >= 15 is 0 Å². The Morgan fingerprint density at radius 3 is 2.88 bits per heavy atom. The number of aliphatic hydroxyl groups is 1. The van der Waals surface area contributed by atoms with Gasteiger partial charge in [0.05, 0.1) is 6.61 Å². The van der Waals surface area contributed by atoms with E-state index in [0.717, 1.165) is 12.8 Å². The molecule has 0 saturated carbocycles. The minimum atomic E-state index is -1.15. The van der Waals surface area contributed by atoms with Crippen molar-refractivity contribution < 1.29 is 24.1 Å². The van der Waals surface area contributed by atoms with Crippen molar-refractivity contribution in [3.63, 3.8) is 0 Å². The summed E-state index contributed by atoms with van der Waals surface area (Å²) < 4.78 is 17.0. The number of carbonyl (C=O) groups is 1. The van der Waals surface area contributed by atoms with Crippen LogP contribution < -0.4 is 0 Å². The summed E-state index contributed by atoms with van der Waals surface area (Å²) in [5.74, 6) is 9.64. The summed E-state index contributed by atoms with van der Waals surface area (Å²) in [7, 11) is 0. The molecule has 130 valence electrons. The average molecular weight is 332 g/mol. The van der Waals surface area contributed by atoms with Crippen molar-refractivity contribution >= 4 is 5.97 Å². The molecule has 2 saturated heterocycles. The fraction of sp³-hybridized carbons (Fsp3) is 0.632. The molecule has 2 aliphatic heterocycles. The van der Waals surface area contributed by atoms with Gasteiger partial charge in [0.2, 0.25) is 5.79 Å². The van der Waals surface area contributed by atoms with Gasteiger partial charge in [0, 0.05) is 18.9 Å². The smallest absolute Gasteiger partial charge is 0.306 e. The van der Waals surface area contributed by atoms with Gasteiger partial charge in [-0.3, -0.25) is 4.79 Å². The van der Waals surface area contributed by atoms with Gasteiger partial charge in [-0.25, -0.2) is 0 Å². The third kappa shape index (κ3) is 4.32. The van der Waals surface area contributed by atoms with E-state index in [9.17, 15) is 9.90 Å². The number of hydrogen-bond donors (Lipinski definition) is 1. The topological polar surface area (TPSA) is 65.0 Å². The number of allylic oxidation sites excluding steroid dienone is 1. The summed E-state index contributed by atoms with van der Waals surface area (Å²) in [6.07, 6.45) is 2.14. The van der Waals surface area contributed by atoms with Crippen LogP contribution in [0.25, 0.3) is 0 Å². The van der Waals surface area contributed by atoms with Crippen LogP contribution in [0.15, 0.2) is 11.8 Å². The van der Waals surface area contributed by atoms with Crippen LogP contribution in [-0.2, 0) is 19.0 Å². The Morgan fingerprint density at radius 2 is 2.25 bits per heavy atom. The van der Waals surface area contributed by atoms with Crippen molar-refractivity contribution in [2.24, 2.45) is 5.92 Å². The number of ether oxygens (including phenoxy) is 3. The van der Waals surface area contributed by atoms with E-state index < -0.39 is 18.0 Å². The van der Waals surface area contributed by atoms with E-state index in [2.05, 4.69) is 23.7 Å². The van der Waals surface area contributed by atoms with Crippen molar-refractivity contribution in [2.45, 2.75) is 64.4 Å². The van der Waals surface area contributed by atoms with Gasteiger partial charge in [0.1, 0.15) is 0 Å². The van der Waals surface area contributed by atoms with Crippen molar-refractivity contribution in [3.05, 3.63) is 11.8 Å². The molecule has 0 amide bonds. The van der Waals surface area contributed by atoms with Gasteiger partial charge in [-0.05, 0) is 37.5 Å². The van der Waals surface area contributed by atoms with E-state index in [-0.39, 0.29) is 18.3 Å². The maximum Gasteiger partial charge on any atom is 0.306 e. The van der Waals surface area contributed by atoms with E-state index in [1.165, 1.54) is 6.08 Å². The van der Waals surface area contributed by atoms with Crippen LogP contribution in [0.5, 0.6) is 0 Å². The highest BCUT2D eigenvalue weighted by molar-refractivity contribution is 5.70. The molecule has 0 unspecified atom stereocenters. The molecule has 2 heterocycles. The summed E-state index contributed by atoms with van der Waals surface area (Å²) in [4.78, 5) is 12.0. The summed E-state index contributed by atoms with van der Waals surface area (Å²) in [6.45, 7) is 6.06. The lowest BCUT2D eigenvalue weighted by Crippen LogP contribution is -2.48. The van der Waals surface area contributed by atoms with E-state index in [1.807, 2.05) is 13.8 Å². The summed E-state index contributed by atoms with van der Waals surface area (Å²) >= 11 is 0. The van der Waals surface area contributed by atoms with Crippen molar-refractivity contribution in [2.75, 3.05) is 6.61 Å². The van der Waals surface area contributed by atoms with Gasteiger partial charge >= 0.3 is 5.97 Å². The van der Waals surface area contributed by atoms with Gasteiger partial charge in [0.25, 0.3) is 0 Å². The first kappa shape index (κ1) is 18.4. The monoisotopic (exact) mass is 332 g/mol. The van der Waals surface area contributed by atoms with Gasteiger partial charge in [-0.15, -0.1) is 0 Å². The fourth-order valence-corrected chi connectivity index (χ4v) is 2.77. The van der Waals surface area contributed by atoms with Crippen LogP contribution in [-0.4, -0.2) is 35.7 Å². The molecule has 24 heavy (non-hydrogen) atoms. The molecule has 5 heteroatoms. The van der Waals surface area contributed by atoms with E-state index in [1.54, 1.807) is 6.92 Å². The Kier molecular flexibility index (Phi) is 6.31. The van der Waals surface area contributed by atoms with Crippen LogP contribution in [0.4, 0.5) is 0 Å². The molecule has 1 spiro atoms. The van der Waals surface area contributed by atoms with Crippen LogP contribution in [0.2, 0.25) is 0 Å². The van der Waals surface area contributed by atoms with Gasteiger partial charge in [-0.1, -0.05) is 25.7 Å². The number of esters is 1. The molecule has 0 bridgehead atoms. The van der Waals surface area contributed by atoms with Crippen LogP contribution in [0.3, 0.4) is 0 Å². The van der Waals surface area contributed by atoms with Crippen molar-refractivity contribution in [1.82, 2.24) is 0 Å². The molecule has 3 atom stereocenters. The fourth-order valence-electron chi connectivity index (χ4n) is 2.77. The lowest BCUT2D eigenvalue weighted by Gasteiger charge is -2.34. The third-order valence-corrected chi connectivity index (χ3v) is 3.88. The minimum Gasteiger partial charge on any atom is -0.459 e. The second kappa shape index (κ2) is 8.24. The molecule has 2 fully saturated rings. The molecule has 0 aromatic heterocycles. The Morgan fingerprint density at radius 1 is 1.46 bits per heavy atom. The first-order valence-electron chi connectivity index (χ1n) is 8.31. The number of hydrogen-bond acceptors (Lipinski definition) is 5. The SMILES string of the molecule is CC#CC#C/C=C1\O[C@@]2(CCCCO2)[C@H](O)[C@@H]1OC(=O)CC(C)C. The molecule has 2 aliphatic rings. The normalized spacial score (nSPS) is 30.3. The summed E-state index contributed by atoms with van der Waals surface area (Å²) in [5, 5.41) is 10.7. The number of aliphatic hydroxyl groups excluding tert-OH is 1. The third-order valence-electron chi connectivity index (χ3n) is 3.88. The van der Waals surface area contributed by atoms with E-state index in [4.69, 9.17) is 14.2 Å². The second-order valence-electron chi connectivity index (χ2n) is 6.36. The minimum absolute atomic E-state index is 0.170. The highest BCUT2D eigenvalue weighted by Crippen LogP contribution is 2.42. The highest BCUT2D eigenvalue weighted by Gasteiger charge is 2.56. The zero-order valence-electron chi connectivity index (χ0n) is 14.4. The van der Waals surface area contributed by atoms with Gasteiger partial charge < -0.3 is 19.3 Å². The molecule has 0 aliphatic carbocycles. The zero-order valence-corrected chi connectivity index (χ0v) is 14.4. The van der Waals surface area contributed by atoms with Crippen LogP contribution >= 0.6 is 0 Å². The lowest BCUT2D eigenvalue weighted by molar-refractivity contribution is -0.258. The molecule has 0 aromatic carbocycles. The van der Waals surface area contributed by atoms with Crippen molar-refractivity contribution in [1.29, 1.82) is 0 Å². The Balaban J connectivity index is 2.22. The molecule has 1 N–H and O–H groups in total. The Labute approximate surface area is 143 Å². The first-order chi connectivity index (χ1) is 11.5. The van der Waals surface area contributed by atoms with Crippen LogP contribution in [0, 0.1) is 29.6 Å². The zero-order chi connectivity index (χ0) is 17.6.